The Morgan fingerprint density at radius 3 is 2.93 bits per heavy atom. The number of hydrogen-bond acceptors (Lipinski definition) is 6. The number of likely N-dealkylation sites (N-methyl/N-ethyl adjacent to an activating group) is 1. The first-order valence-corrected chi connectivity index (χ1v) is 10.4. The molecule has 2 fully saturated rings. The number of rotatable bonds is 4. The molecule has 1 aromatic rings. The van der Waals surface area contributed by atoms with Gasteiger partial charge in [-0.15, -0.1) is 0 Å². The molecule has 0 radical (unpaired) electrons. The van der Waals surface area contributed by atoms with Gasteiger partial charge in [0.25, 0.3) is 10.2 Å². The van der Waals surface area contributed by atoms with E-state index < -0.39 is 22.3 Å². The van der Waals surface area contributed by atoms with E-state index in [2.05, 4.69) is 10.0 Å². The lowest BCUT2D eigenvalue weighted by atomic mass is 9.99. The van der Waals surface area contributed by atoms with Crippen molar-refractivity contribution in [1.29, 1.82) is 0 Å². The average Bonchev–Trinajstić information content (AvgIpc) is 3.32. The van der Waals surface area contributed by atoms with Gasteiger partial charge in [0, 0.05) is 20.2 Å². The molecule has 10 heteroatoms. The predicted octanol–water partition coefficient (Wildman–Crippen LogP) is 0.290. The molecule has 9 nitrogen and oxygen atoms in total. The van der Waals surface area contributed by atoms with Crippen molar-refractivity contribution in [1.82, 2.24) is 14.3 Å². The lowest BCUT2D eigenvalue weighted by molar-refractivity contribution is -0.125. The highest BCUT2D eigenvalue weighted by molar-refractivity contribution is 7.87. The van der Waals surface area contributed by atoms with Crippen LogP contribution < -0.4 is 19.5 Å². The highest BCUT2D eigenvalue weighted by Gasteiger charge is 2.41. The average molecular weight is 397 g/mol. The molecule has 27 heavy (non-hydrogen) atoms. The van der Waals surface area contributed by atoms with E-state index in [1.165, 1.54) is 7.05 Å². The Morgan fingerprint density at radius 2 is 2.15 bits per heavy atom. The molecule has 148 valence electrons. The Hall–Kier alpha value is -1.88. The van der Waals surface area contributed by atoms with Gasteiger partial charge in [-0.05, 0) is 37.0 Å². The van der Waals surface area contributed by atoms with Crippen molar-refractivity contribution in [2.75, 3.05) is 27.0 Å². The monoisotopic (exact) mass is 397 g/mol. The van der Waals surface area contributed by atoms with Crippen LogP contribution in [0.4, 0.5) is 0 Å². The minimum atomic E-state index is -3.79. The van der Waals surface area contributed by atoms with Crippen LogP contribution in [0, 0.1) is 0 Å². The molecule has 0 aliphatic carbocycles. The third-order valence-electron chi connectivity index (χ3n) is 5.20. The summed E-state index contributed by atoms with van der Waals surface area (Å²) < 4.78 is 44.9. The number of nitrogens with zero attached hydrogens (tertiary/aromatic N) is 1. The lowest BCUT2D eigenvalue weighted by Crippen LogP contribution is -2.57. The maximum atomic E-state index is 12.7. The van der Waals surface area contributed by atoms with Crippen LogP contribution in [0.15, 0.2) is 18.2 Å². The van der Waals surface area contributed by atoms with Gasteiger partial charge in [0.2, 0.25) is 12.7 Å². The van der Waals surface area contributed by atoms with Crippen LogP contribution in [-0.4, -0.2) is 57.8 Å². The van der Waals surface area contributed by atoms with Crippen LogP contribution >= 0.6 is 0 Å². The van der Waals surface area contributed by atoms with Crippen LogP contribution in [0.2, 0.25) is 0 Å². The molecule has 0 bridgehead atoms. The number of hydrogen-bond donors (Lipinski definition) is 2. The van der Waals surface area contributed by atoms with E-state index in [9.17, 15) is 13.2 Å². The summed E-state index contributed by atoms with van der Waals surface area (Å²) in [7, 11) is -2.37. The third-order valence-corrected chi connectivity index (χ3v) is 6.79. The number of carbonyl (C=O) groups excluding carboxylic acids is 1. The maximum Gasteiger partial charge on any atom is 0.280 e. The van der Waals surface area contributed by atoms with Crippen molar-refractivity contribution in [3.63, 3.8) is 0 Å². The van der Waals surface area contributed by atoms with Crippen LogP contribution in [0.3, 0.4) is 0 Å². The zero-order valence-electron chi connectivity index (χ0n) is 15.0. The minimum absolute atomic E-state index is 0.00207. The molecule has 3 aliphatic heterocycles. The van der Waals surface area contributed by atoms with Crippen LogP contribution in [0.25, 0.3) is 0 Å². The first-order valence-electron chi connectivity index (χ1n) is 8.98. The van der Waals surface area contributed by atoms with Gasteiger partial charge < -0.3 is 19.5 Å². The summed E-state index contributed by atoms with van der Waals surface area (Å²) in [6.07, 6.45) is 2.20. The van der Waals surface area contributed by atoms with Crippen molar-refractivity contribution in [2.45, 2.75) is 37.5 Å². The number of ether oxygens (including phenoxy) is 3. The molecule has 2 N–H and O–H groups in total. The van der Waals surface area contributed by atoms with E-state index >= 15 is 0 Å². The number of benzene rings is 1. The first-order chi connectivity index (χ1) is 12.9. The smallest absolute Gasteiger partial charge is 0.280 e. The van der Waals surface area contributed by atoms with Crippen molar-refractivity contribution in [3.05, 3.63) is 23.8 Å². The van der Waals surface area contributed by atoms with E-state index in [0.29, 0.717) is 31.1 Å². The van der Waals surface area contributed by atoms with Gasteiger partial charge in [0.1, 0.15) is 6.04 Å². The molecule has 0 aromatic heterocycles. The summed E-state index contributed by atoms with van der Waals surface area (Å²) >= 11 is 0. The summed E-state index contributed by atoms with van der Waals surface area (Å²) in [5.74, 6) is 0.884. The fourth-order valence-electron chi connectivity index (χ4n) is 3.59. The molecule has 3 unspecified atom stereocenters. The second-order valence-electron chi connectivity index (χ2n) is 6.94. The van der Waals surface area contributed by atoms with Gasteiger partial charge in [-0.1, -0.05) is 6.07 Å². The first kappa shape index (κ1) is 18.5. The molecular weight excluding hydrogens is 374 g/mol. The van der Waals surface area contributed by atoms with Crippen LogP contribution in [0.5, 0.6) is 11.5 Å². The summed E-state index contributed by atoms with van der Waals surface area (Å²) in [6, 6.07) is 3.96. The summed E-state index contributed by atoms with van der Waals surface area (Å²) in [5, 5.41) is 2.83. The number of nitrogens with one attached hydrogen (secondary N) is 2. The molecule has 3 aliphatic rings. The molecule has 1 aromatic carbocycles. The topological polar surface area (TPSA) is 106 Å². The number of amides is 1. The quantitative estimate of drug-likeness (QED) is 0.757. The van der Waals surface area contributed by atoms with E-state index in [1.54, 1.807) is 18.2 Å². The summed E-state index contributed by atoms with van der Waals surface area (Å²) in [5.41, 5.74) is 0.729. The molecule has 3 heterocycles. The largest absolute Gasteiger partial charge is 0.454 e. The molecular formula is C17H23N3O6S. The van der Waals surface area contributed by atoms with Gasteiger partial charge in [-0.3, -0.25) is 4.79 Å². The van der Waals surface area contributed by atoms with E-state index in [1.807, 2.05) is 0 Å². The second-order valence-corrected chi connectivity index (χ2v) is 8.70. The zero-order valence-corrected chi connectivity index (χ0v) is 15.8. The molecule has 4 rings (SSSR count). The Balaban J connectivity index is 1.50. The highest BCUT2D eigenvalue weighted by Crippen LogP contribution is 2.36. The fourth-order valence-corrected chi connectivity index (χ4v) is 4.87. The Morgan fingerprint density at radius 1 is 1.33 bits per heavy atom. The van der Waals surface area contributed by atoms with Crippen LogP contribution in [0.1, 0.15) is 30.9 Å². The van der Waals surface area contributed by atoms with Crippen LogP contribution in [-0.2, 0) is 19.7 Å². The highest BCUT2D eigenvalue weighted by atomic mass is 32.2. The third kappa shape index (κ3) is 3.75. The SMILES string of the molecule is CN1C(C(=O)NCC2CCCO2)CC(c2ccc3c(c2)OCO3)NS1(=O)=O. The number of fused-ring (bicyclic) bond motifs is 1. The van der Waals surface area contributed by atoms with Crippen molar-refractivity contribution < 1.29 is 27.4 Å². The second kappa shape index (κ2) is 7.27. The maximum absolute atomic E-state index is 12.7. The molecule has 3 atom stereocenters. The summed E-state index contributed by atoms with van der Waals surface area (Å²) in [6.45, 7) is 1.24. The number of carbonyl (C=O) groups is 1. The standard InChI is InChI=1S/C17H23N3O6S/c1-20-14(17(21)18-9-12-3-2-6-24-12)8-13(19-27(20,22)23)11-4-5-15-16(7-11)26-10-25-15/h4-5,7,12-14,19H,2-3,6,8-10H2,1H3,(H,18,21). The minimum Gasteiger partial charge on any atom is -0.454 e. The van der Waals surface area contributed by atoms with Crippen molar-refractivity contribution in [3.8, 4) is 11.5 Å². The van der Waals surface area contributed by atoms with Crippen molar-refractivity contribution >= 4 is 16.1 Å². The van der Waals surface area contributed by atoms with Crippen molar-refractivity contribution in [2.24, 2.45) is 0 Å². The Kier molecular flexibility index (Phi) is 4.97. The molecule has 1 amide bonds. The molecule has 0 saturated carbocycles. The van der Waals surface area contributed by atoms with Gasteiger partial charge >= 0.3 is 0 Å². The molecule has 0 spiro atoms. The van der Waals surface area contributed by atoms with E-state index in [0.717, 1.165) is 22.7 Å². The van der Waals surface area contributed by atoms with Gasteiger partial charge in [0.05, 0.1) is 12.1 Å². The van der Waals surface area contributed by atoms with E-state index in [-0.39, 0.29) is 18.8 Å². The summed E-state index contributed by atoms with van der Waals surface area (Å²) in [4.78, 5) is 12.7. The fraction of sp³-hybridized carbons (Fsp3) is 0.588. The van der Waals surface area contributed by atoms with E-state index in [4.69, 9.17) is 14.2 Å². The Labute approximate surface area is 158 Å². The Bertz CT molecular complexity index is 824. The zero-order chi connectivity index (χ0) is 19.0. The van der Waals surface area contributed by atoms with Gasteiger partial charge in [0.15, 0.2) is 11.5 Å². The lowest BCUT2D eigenvalue weighted by Gasteiger charge is -2.36. The molecule has 2 saturated heterocycles. The van der Waals surface area contributed by atoms with Gasteiger partial charge in [-0.2, -0.15) is 17.4 Å². The predicted molar refractivity (Wildman–Crippen MR) is 95.5 cm³/mol. The normalized spacial score (nSPS) is 29.6. The van der Waals surface area contributed by atoms with Gasteiger partial charge in [-0.25, -0.2) is 0 Å².